The number of rotatable bonds is 2. The maximum atomic E-state index is 12.3. The maximum absolute atomic E-state index is 12.3. The third kappa shape index (κ3) is 2.57. The predicted molar refractivity (Wildman–Crippen MR) is 80.9 cm³/mol. The van der Waals surface area contributed by atoms with Crippen molar-refractivity contribution in [3.8, 4) is 0 Å². The number of aromatic amines is 1. The fourth-order valence-corrected chi connectivity index (χ4v) is 2.65. The van der Waals surface area contributed by atoms with Gasteiger partial charge in [-0.3, -0.25) is 4.79 Å². The lowest BCUT2D eigenvalue weighted by Gasteiger charge is -2.25. The summed E-state index contributed by atoms with van der Waals surface area (Å²) in [5.74, 6) is -0.131. The lowest BCUT2D eigenvalue weighted by atomic mass is 9.97. The Morgan fingerprint density at radius 1 is 1.30 bits per heavy atom. The monoisotopic (exact) mass is 289 g/mol. The van der Waals surface area contributed by atoms with Crippen molar-refractivity contribution in [3.63, 3.8) is 0 Å². The molecule has 4 nitrogen and oxygen atoms in total. The zero-order valence-electron chi connectivity index (χ0n) is 10.9. The van der Waals surface area contributed by atoms with E-state index in [0.717, 1.165) is 23.7 Å². The molecule has 20 heavy (non-hydrogen) atoms. The zero-order chi connectivity index (χ0) is 14.1. The van der Waals surface area contributed by atoms with Crippen molar-refractivity contribution in [2.75, 3.05) is 0 Å². The first-order valence-electron chi connectivity index (χ1n) is 6.63. The number of carbonyl (C=O) groups excluding carboxylic acids is 1. The van der Waals surface area contributed by atoms with E-state index < -0.39 is 0 Å². The summed E-state index contributed by atoms with van der Waals surface area (Å²) < 4.78 is 0. The van der Waals surface area contributed by atoms with Gasteiger partial charge in [0.05, 0.1) is 0 Å². The number of H-pyrrole nitrogens is 1. The van der Waals surface area contributed by atoms with Gasteiger partial charge in [0, 0.05) is 28.0 Å². The van der Waals surface area contributed by atoms with Crippen molar-refractivity contribution in [1.29, 1.82) is 0 Å². The minimum Gasteiger partial charge on any atom is -0.351 e. The largest absolute Gasteiger partial charge is 0.351 e. The Morgan fingerprint density at radius 2 is 2.10 bits per heavy atom. The van der Waals surface area contributed by atoms with Crippen LogP contribution in [-0.4, -0.2) is 23.0 Å². The smallest absolute Gasteiger partial charge is 0.268 e. The van der Waals surface area contributed by atoms with Crippen molar-refractivity contribution in [2.24, 2.45) is 5.73 Å². The zero-order valence-corrected chi connectivity index (χ0v) is 11.7. The molecule has 5 heteroatoms. The molecule has 0 spiro atoms. The first kappa shape index (κ1) is 13.2. The van der Waals surface area contributed by atoms with Crippen molar-refractivity contribution in [1.82, 2.24) is 10.3 Å². The molecule has 1 heterocycles. The highest BCUT2D eigenvalue weighted by molar-refractivity contribution is 6.31. The van der Waals surface area contributed by atoms with Crippen molar-refractivity contribution in [3.05, 3.63) is 47.1 Å². The normalized spacial score (nSPS) is 22.1. The molecule has 1 aromatic carbocycles. The molecule has 0 unspecified atom stereocenters. The molecule has 0 saturated carbocycles. The quantitative estimate of drug-likeness (QED) is 0.744. The SMILES string of the molecule is N[C@@H]1CC=CC[C@@H]1NC(=O)c1cc2cc(Cl)ccc2[nH]1. The van der Waals surface area contributed by atoms with E-state index in [2.05, 4.69) is 22.5 Å². The third-order valence-corrected chi connectivity index (χ3v) is 3.86. The first-order chi connectivity index (χ1) is 9.63. The second kappa shape index (κ2) is 5.31. The molecule has 3 rings (SSSR count). The van der Waals surface area contributed by atoms with Gasteiger partial charge in [0.2, 0.25) is 0 Å². The van der Waals surface area contributed by atoms with Gasteiger partial charge in [-0.2, -0.15) is 0 Å². The summed E-state index contributed by atoms with van der Waals surface area (Å²) in [5, 5.41) is 4.56. The molecule has 1 aliphatic rings. The molecule has 0 fully saturated rings. The summed E-state index contributed by atoms with van der Waals surface area (Å²) in [7, 11) is 0. The Labute approximate surface area is 122 Å². The van der Waals surface area contributed by atoms with Gasteiger partial charge in [-0.25, -0.2) is 0 Å². The molecule has 0 bridgehead atoms. The van der Waals surface area contributed by atoms with Crippen LogP contribution in [0.3, 0.4) is 0 Å². The number of halogens is 1. The minimum atomic E-state index is -0.131. The van der Waals surface area contributed by atoms with E-state index in [-0.39, 0.29) is 18.0 Å². The van der Waals surface area contributed by atoms with E-state index in [1.165, 1.54) is 0 Å². The lowest BCUT2D eigenvalue weighted by Crippen LogP contribution is -2.48. The van der Waals surface area contributed by atoms with Gasteiger partial charge >= 0.3 is 0 Å². The first-order valence-corrected chi connectivity index (χ1v) is 7.01. The van der Waals surface area contributed by atoms with Crippen molar-refractivity contribution in [2.45, 2.75) is 24.9 Å². The van der Waals surface area contributed by atoms with Gasteiger partial charge in [-0.05, 0) is 37.1 Å². The van der Waals surface area contributed by atoms with Crippen LogP contribution in [0, 0.1) is 0 Å². The van der Waals surface area contributed by atoms with Crippen LogP contribution in [0.1, 0.15) is 23.3 Å². The highest BCUT2D eigenvalue weighted by atomic mass is 35.5. The van der Waals surface area contributed by atoms with Crippen LogP contribution in [0.5, 0.6) is 0 Å². The number of nitrogens with one attached hydrogen (secondary N) is 2. The van der Waals surface area contributed by atoms with E-state index in [0.29, 0.717) is 10.7 Å². The number of fused-ring (bicyclic) bond motifs is 1. The fourth-order valence-electron chi connectivity index (χ4n) is 2.47. The average Bonchev–Trinajstić information content (AvgIpc) is 2.84. The summed E-state index contributed by atoms with van der Waals surface area (Å²) in [6, 6.07) is 7.26. The second-order valence-corrected chi connectivity index (χ2v) is 5.54. The Balaban J connectivity index is 1.80. The van der Waals surface area contributed by atoms with Gasteiger partial charge in [0.1, 0.15) is 5.69 Å². The Kier molecular flexibility index (Phi) is 3.51. The van der Waals surface area contributed by atoms with E-state index in [1.54, 1.807) is 12.1 Å². The van der Waals surface area contributed by atoms with Gasteiger partial charge in [-0.1, -0.05) is 23.8 Å². The highest BCUT2D eigenvalue weighted by Gasteiger charge is 2.21. The van der Waals surface area contributed by atoms with E-state index >= 15 is 0 Å². The molecule has 1 amide bonds. The standard InChI is InChI=1S/C15H16ClN3O/c16-10-5-6-12-9(7-10)8-14(18-12)15(20)19-13-4-2-1-3-11(13)17/h1-2,5-8,11,13,18H,3-4,17H2,(H,19,20)/t11-,13+/m1/s1. The van der Waals surface area contributed by atoms with E-state index in [1.807, 2.05) is 12.1 Å². The van der Waals surface area contributed by atoms with Crippen LogP contribution in [0.15, 0.2) is 36.4 Å². The maximum Gasteiger partial charge on any atom is 0.268 e. The number of hydrogen-bond acceptors (Lipinski definition) is 2. The van der Waals surface area contributed by atoms with Gasteiger partial charge in [0.15, 0.2) is 0 Å². The fraction of sp³-hybridized carbons (Fsp3) is 0.267. The predicted octanol–water partition coefficient (Wildman–Crippen LogP) is 2.60. The lowest BCUT2D eigenvalue weighted by molar-refractivity contribution is 0.0926. The van der Waals surface area contributed by atoms with Crippen molar-refractivity contribution < 1.29 is 4.79 Å². The summed E-state index contributed by atoms with van der Waals surface area (Å²) in [5.41, 5.74) is 7.43. The van der Waals surface area contributed by atoms with Crippen LogP contribution < -0.4 is 11.1 Å². The molecule has 0 radical (unpaired) electrons. The molecule has 1 aromatic heterocycles. The van der Waals surface area contributed by atoms with Gasteiger partial charge < -0.3 is 16.0 Å². The topological polar surface area (TPSA) is 70.9 Å². The van der Waals surface area contributed by atoms with Crippen LogP contribution in [0.4, 0.5) is 0 Å². The third-order valence-electron chi connectivity index (χ3n) is 3.63. The molecular formula is C15H16ClN3O. The number of nitrogens with two attached hydrogens (primary N) is 1. The molecular weight excluding hydrogens is 274 g/mol. The van der Waals surface area contributed by atoms with E-state index in [9.17, 15) is 4.79 Å². The Morgan fingerprint density at radius 3 is 2.90 bits per heavy atom. The van der Waals surface area contributed by atoms with Gasteiger partial charge in [0.25, 0.3) is 5.91 Å². The Bertz CT molecular complexity index is 677. The summed E-state index contributed by atoms with van der Waals surface area (Å²) in [4.78, 5) is 15.4. The van der Waals surface area contributed by atoms with Gasteiger partial charge in [-0.15, -0.1) is 0 Å². The summed E-state index contributed by atoms with van der Waals surface area (Å²) in [6.45, 7) is 0. The highest BCUT2D eigenvalue weighted by Crippen LogP contribution is 2.20. The molecule has 4 N–H and O–H groups in total. The number of benzene rings is 1. The molecule has 0 saturated heterocycles. The second-order valence-electron chi connectivity index (χ2n) is 5.10. The van der Waals surface area contributed by atoms with Crippen molar-refractivity contribution >= 4 is 28.4 Å². The molecule has 0 aliphatic heterocycles. The minimum absolute atomic E-state index is 0.0116. The van der Waals surface area contributed by atoms with Crippen LogP contribution in [0.2, 0.25) is 5.02 Å². The number of amides is 1. The van der Waals surface area contributed by atoms with Crippen LogP contribution in [-0.2, 0) is 0 Å². The average molecular weight is 290 g/mol. The molecule has 2 atom stereocenters. The van der Waals surface area contributed by atoms with E-state index in [4.69, 9.17) is 17.3 Å². The molecule has 104 valence electrons. The number of aromatic nitrogens is 1. The Hall–Kier alpha value is -1.78. The number of hydrogen-bond donors (Lipinski definition) is 3. The number of carbonyl (C=O) groups is 1. The molecule has 2 aromatic rings. The van der Waals surface area contributed by atoms with Crippen LogP contribution in [0.25, 0.3) is 10.9 Å². The van der Waals surface area contributed by atoms with Crippen LogP contribution >= 0.6 is 11.6 Å². The molecule has 1 aliphatic carbocycles. The summed E-state index contributed by atoms with van der Waals surface area (Å²) >= 11 is 5.94. The summed E-state index contributed by atoms with van der Waals surface area (Å²) in [6.07, 6.45) is 5.68.